The summed E-state index contributed by atoms with van der Waals surface area (Å²) in [6.45, 7) is 7.75. The Hall–Kier alpha value is 0.0300. The number of phenols is 1. The van der Waals surface area contributed by atoms with Gasteiger partial charge in [0.15, 0.2) is 0 Å². The number of phenolic OH excluding ortho intramolecular Hbond substituents is 1. The van der Waals surface area contributed by atoms with E-state index in [2.05, 4.69) is 32.7 Å². The standard InChI is InChI=1S/C15H20BrClN2O.2ClH/c1-2-3-4-13(19-9-7-18-8-10-19)11-5-6-12(17)14(16)15(11)20;;/h2,5-6,13,18,20H,1,3-4,7-10H2;2*1H/t13-;;/m0../s1. The highest BCUT2D eigenvalue weighted by atomic mass is 79.9. The summed E-state index contributed by atoms with van der Waals surface area (Å²) in [5.74, 6) is 0.255. The van der Waals surface area contributed by atoms with Crippen LogP contribution in [0.15, 0.2) is 29.3 Å². The Morgan fingerprint density at radius 1 is 1.36 bits per heavy atom. The van der Waals surface area contributed by atoms with E-state index in [9.17, 15) is 5.11 Å². The molecular weight excluding hydrogens is 410 g/mol. The maximum Gasteiger partial charge on any atom is 0.136 e. The van der Waals surface area contributed by atoms with Gasteiger partial charge in [-0.25, -0.2) is 0 Å². The zero-order valence-corrected chi connectivity index (χ0v) is 16.2. The van der Waals surface area contributed by atoms with E-state index in [1.165, 1.54) is 0 Å². The zero-order valence-electron chi connectivity index (χ0n) is 12.2. The number of hydrogen-bond acceptors (Lipinski definition) is 3. The summed E-state index contributed by atoms with van der Waals surface area (Å²) in [7, 11) is 0. The van der Waals surface area contributed by atoms with Crippen molar-refractivity contribution in [1.82, 2.24) is 10.2 Å². The lowest BCUT2D eigenvalue weighted by molar-refractivity contribution is 0.163. The fourth-order valence-corrected chi connectivity index (χ4v) is 3.14. The van der Waals surface area contributed by atoms with Crippen LogP contribution >= 0.6 is 52.3 Å². The van der Waals surface area contributed by atoms with Crippen molar-refractivity contribution in [1.29, 1.82) is 0 Å². The van der Waals surface area contributed by atoms with Crippen molar-refractivity contribution in [3.63, 3.8) is 0 Å². The van der Waals surface area contributed by atoms with Crippen molar-refractivity contribution in [3.05, 3.63) is 39.8 Å². The van der Waals surface area contributed by atoms with Crippen LogP contribution in [0.5, 0.6) is 5.75 Å². The van der Waals surface area contributed by atoms with E-state index in [-0.39, 0.29) is 36.6 Å². The predicted octanol–water partition coefficient (Wildman–Crippen LogP) is 4.56. The number of halogens is 4. The first-order valence-electron chi connectivity index (χ1n) is 6.87. The van der Waals surface area contributed by atoms with Crippen molar-refractivity contribution < 1.29 is 5.11 Å². The lowest BCUT2D eigenvalue weighted by Crippen LogP contribution is -2.45. The molecule has 0 aromatic heterocycles. The first-order chi connectivity index (χ1) is 9.65. The second-order valence-corrected chi connectivity index (χ2v) is 6.17. The van der Waals surface area contributed by atoms with Crippen LogP contribution in [-0.2, 0) is 0 Å². The van der Waals surface area contributed by atoms with E-state index in [0.29, 0.717) is 9.50 Å². The molecule has 0 aliphatic carbocycles. The van der Waals surface area contributed by atoms with Crippen LogP contribution in [0.2, 0.25) is 5.02 Å². The summed E-state index contributed by atoms with van der Waals surface area (Å²) in [5.41, 5.74) is 0.935. The molecule has 22 heavy (non-hydrogen) atoms. The number of piperazine rings is 1. The fraction of sp³-hybridized carbons (Fsp3) is 0.467. The minimum atomic E-state index is 0. The van der Waals surface area contributed by atoms with Gasteiger partial charge in [-0.05, 0) is 34.8 Å². The normalized spacial score (nSPS) is 16.3. The molecule has 1 heterocycles. The monoisotopic (exact) mass is 430 g/mol. The minimum Gasteiger partial charge on any atom is -0.506 e. The van der Waals surface area contributed by atoms with Crippen LogP contribution < -0.4 is 5.32 Å². The van der Waals surface area contributed by atoms with E-state index in [0.717, 1.165) is 44.6 Å². The van der Waals surface area contributed by atoms with Gasteiger partial charge in [-0.15, -0.1) is 31.4 Å². The largest absolute Gasteiger partial charge is 0.506 e. The molecular formula is C15H22BrCl3N2O. The molecule has 0 spiro atoms. The Balaban J connectivity index is 0.00000220. The summed E-state index contributed by atoms with van der Waals surface area (Å²) < 4.78 is 0.579. The average Bonchev–Trinajstić information content (AvgIpc) is 2.48. The Morgan fingerprint density at radius 2 is 2.00 bits per heavy atom. The molecule has 0 bridgehead atoms. The summed E-state index contributed by atoms with van der Waals surface area (Å²) >= 11 is 9.39. The van der Waals surface area contributed by atoms with Crippen molar-refractivity contribution in [3.8, 4) is 5.75 Å². The molecule has 1 atom stereocenters. The Labute approximate surface area is 158 Å². The number of hydrogen-bond donors (Lipinski definition) is 2. The van der Waals surface area contributed by atoms with E-state index in [1.54, 1.807) is 0 Å². The van der Waals surface area contributed by atoms with Gasteiger partial charge in [0.05, 0.1) is 9.50 Å². The molecule has 1 saturated heterocycles. The SMILES string of the molecule is C=CCC[C@@H](c1ccc(Cl)c(Br)c1O)N1CCNCC1.Cl.Cl. The van der Waals surface area contributed by atoms with E-state index in [1.807, 2.05) is 18.2 Å². The maximum absolute atomic E-state index is 10.4. The van der Waals surface area contributed by atoms with Gasteiger partial charge in [-0.1, -0.05) is 23.7 Å². The number of nitrogens with zero attached hydrogens (tertiary/aromatic N) is 1. The van der Waals surface area contributed by atoms with Gasteiger partial charge in [-0.2, -0.15) is 0 Å². The smallest absolute Gasteiger partial charge is 0.136 e. The van der Waals surface area contributed by atoms with Crippen molar-refractivity contribution in [2.45, 2.75) is 18.9 Å². The van der Waals surface area contributed by atoms with E-state index < -0.39 is 0 Å². The van der Waals surface area contributed by atoms with Gasteiger partial charge < -0.3 is 10.4 Å². The molecule has 0 unspecified atom stereocenters. The molecule has 3 nitrogen and oxygen atoms in total. The lowest BCUT2D eigenvalue weighted by Gasteiger charge is -2.35. The Kier molecular flexibility index (Phi) is 10.8. The van der Waals surface area contributed by atoms with Crippen molar-refractivity contribution in [2.24, 2.45) is 0 Å². The Morgan fingerprint density at radius 3 is 2.59 bits per heavy atom. The molecule has 2 rings (SSSR count). The van der Waals surface area contributed by atoms with Gasteiger partial charge in [-0.3, -0.25) is 4.90 Å². The summed E-state index contributed by atoms with van der Waals surface area (Å²) in [6, 6.07) is 3.96. The molecule has 1 aliphatic rings. The highest BCUT2D eigenvalue weighted by Gasteiger charge is 2.25. The number of nitrogens with one attached hydrogen (secondary N) is 1. The second kappa shape index (κ2) is 10.7. The number of rotatable bonds is 5. The zero-order chi connectivity index (χ0) is 14.5. The quantitative estimate of drug-likeness (QED) is 0.670. The fourth-order valence-electron chi connectivity index (χ4n) is 2.63. The number of allylic oxidation sites excluding steroid dienone is 1. The van der Waals surface area contributed by atoms with Crippen LogP contribution in [-0.4, -0.2) is 36.2 Å². The topological polar surface area (TPSA) is 35.5 Å². The van der Waals surface area contributed by atoms with Crippen molar-refractivity contribution in [2.75, 3.05) is 26.2 Å². The molecule has 0 radical (unpaired) electrons. The highest BCUT2D eigenvalue weighted by Crippen LogP contribution is 2.40. The maximum atomic E-state index is 10.4. The average molecular weight is 433 g/mol. The Bertz CT molecular complexity index is 482. The van der Waals surface area contributed by atoms with Crippen LogP contribution in [0.3, 0.4) is 0 Å². The van der Waals surface area contributed by atoms with E-state index in [4.69, 9.17) is 11.6 Å². The summed E-state index contributed by atoms with van der Waals surface area (Å²) in [4.78, 5) is 2.41. The molecule has 7 heteroatoms. The predicted molar refractivity (Wildman–Crippen MR) is 102 cm³/mol. The summed E-state index contributed by atoms with van der Waals surface area (Å²) in [6.07, 6.45) is 3.80. The molecule has 126 valence electrons. The number of benzene rings is 1. The third kappa shape index (κ3) is 5.29. The van der Waals surface area contributed by atoms with Crippen molar-refractivity contribution >= 4 is 52.3 Å². The van der Waals surface area contributed by atoms with Crippen LogP contribution in [0.4, 0.5) is 0 Å². The molecule has 1 aliphatic heterocycles. The van der Waals surface area contributed by atoms with Gasteiger partial charge >= 0.3 is 0 Å². The third-order valence-corrected chi connectivity index (χ3v) is 5.04. The third-order valence-electron chi connectivity index (χ3n) is 3.70. The lowest BCUT2D eigenvalue weighted by atomic mass is 9.98. The van der Waals surface area contributed by atoms with Gasteiger partial charge in [0.1, 0.15) is 5.75 Å². The molecule has 2 N–H and O–H groups in total. The second-order valence-electron chi connectivity index (χ2n) is 4.97. The molecule has 0 amide bonds. The van der Waals surface area contributed by atoms with Crippen LogP contribution in [0.1, 0.15) is 24.4 Å². The van der Waals surface area contributed by atoms with Gasteiger partial charge in [0.2, 0.25) is 0 Å². The van der Waals surface area contributed by atoms with Crippen LogP contribution in [0.25, 0.3) is 0 Å². The minimum absolute atomic E-state index is 0. The molecule has 1 fully saturated rings. The van der Waals surface area contributed by atoms with E-state index >= 15 is 0 Å². The first-order valence-corrected chi connectivity index (χ1v) is 8.04. The molecule has 0 saturated carbocycles. The van der Waals surface area contributed by atoms with Gasteiger partial charge in [0.25, 0.3) is 0 Å². The molecule has 1 aromatic carbocycles. The summed E-state index contributed by atoms with van der Waals surface area (Å²) in [5, 5.41) is 14.3. The van der Waals surface area contributed by atoms with Gasteiger partial charge in [0, 0.05) is 37.8 Å². The number of aromatic hydroxyl groups is 1. The van der Waals surface area contributed by atoms with Crippen LogP contribution in [0, 0.1) is 0 Å². The molecule has 1 aromatic rings. The first kappa shape index (κ1) is 22.0. The highest BCUT2D eigenvalue weighted by molar-refractivity contribution is 9.10.